The summed E-state index contributed by atoms with van der Waals surface area (Å²) >= 11 is 0. The quantitative estimate of drug-likeness (QED) is 0.816. The number of methoxy groups -OCH3 is 1. The average Bonchev–Trinajstić information content (AvgIpc) is 2.33. The van der Waals surface area contributed by atoms with Gasteiger partial charge < -0.3 is 10.1 Å². The molecule has 1 N–H and O–H groups in total. The molecule has 0 bridgehead atoms. The van der Waals surface area contributed by atoms with E-state index in [0.29, 0.717) is 12.1 Å². The van der Waals surface area contributed by atoms with Crippen LogP contribution in [-0.4, -0.2) is 20.3 Å². The largest absolute Gasteiger partial charge is 0.382 e. The van der Waals surface area contributed by atoms with Gasteiger partial charge in [0.25, 0.3) is 0 Å². The normalized spacial score (nSPS) is 14.6. The summed E-state index contributed by atoms with van der Waals surface area (Å²) in [5.74, 6) is 0. The summed E-state index contributed by atoms with van der Waals surface area (Å²) in [6.07, 6.45) is 2.52. The van der Waals surface area contributed by atoms with Crippen molar-refractivity contribution in [2.24, 2.45) is 0 Å². The van der Waals surface area contributed by atoms with Crippen LogP contribution in [0.5, 0.6) is 0 Å². The zero-order chi connectivity index (χ0) is 12.8. The van der Waals surface area contributed by atoms with Crippen molar-refractivity contribution in [3.63, 3.8) is 0 Å². The molecule has 2 heteroatoms. The maximum atomic E-state index is 5.31. The minimum absolute atomic E-state index is 0.330. The second-order valence-electron chi connectivity index (χ2n) is 4.82. The molecule has 96 valence electrons. The fourth-order valence-corrected chi connectivity index (χ4v) is 2.11. The topological polar surface area (TPSA) is 21.3 Å². The second-order valence-corrected chi connectivity index (χ2v) is 4.82. The second kappa shape index (κ2) is 6.77. The maximum Gasteiger partial charge on any atom is 0.0543 e. The van der Waals surface area contributed by atoms with E-state index in [9.17, 15) is 0 Å². The molecule has 0 aromatic heterocycles. The summed E-state index contributed by atoms with van der Waals surface area (Å²) in [5.41, 5.74) is 4.10. The van der Waals surface area contributed by atoms with Gasteiger partial charge in [0.15, 0.2) is 0 Å². The Morgan fingerprint density at radius 2 is 1.94 bits per heavy atom. The lowest BCUT2D eigenvalue weighted by atomic mass is 9.95. The third-order valence-electron chi connectivity index (χ3n) is 3.42. The van der Waals surface area contributed by atoms with Crippen molar-refractivity contribution < 1.29 is 4.74 Å². The first-order valence-electron chi connectivity index (χ1n) is 6.35. The smallest absolute Gasteiger partial charge is 0.0543 e. The van der Waals surface area contributed by atoms with Crippen molar-refractivity contribution in [2.75, 3.05) is 14.2 Å². The SMILES string of the molecule is CNC(CCC(C)OC)c1cc(C)ccc1C. The Balaban J connectivity index is 2.75. The highest BCUT2D eigenvalue weighted by Gasteiger charge is 2.13. The van der Waals surface area contributed by atoms with Gasteiger partial charge in [-0.2, -0.15) is 0 Å². The molecule has 1 aromatic rings. The molecule has 0 spiro atoms. The van der Waals surface area contributed by atoms with E-state index in [1.54, 1.807) is 7.11 Å². The Morgan fingerprint density at radius 1 is 1.24 bits per heavy atom. The van der Waals surface area contributed by atoms with Crippen LogP contribution in [0.1, 0.15) is 42.5 Å². The van der Waals surface area contributed by atoms with Crippen LogP contribution < -0.4 is 5.32 Å². The summed E-state index contributed by atoms with van der Waals surface area (Å²) in [7, 11) is 3.81. The Hall–Kier alpha value is -0.860. The van der Waals surface area contributed by atoms with E-state index < -0.39 is 0 Å². The third kappa shape index (κ3) is 4.14. The maximum absolute atomic E-state index is 5.31. The standard InChI is InChI=1S/C15H25NO/c1-11-6-7-12(2)14(10-11)15(16-4)9-8-13(3)17-5/h6-7,10,13,15-16H,8-9H2,1-5H3. The third-order valence-corrected chi connectivity index (χ3v) is 3.42. The Bertz CT molecular complexity index is 349. The molecule has 0 fully saturated rings. The van der Waals surface area contributed by atoms with E-state index in [2.05, 4.69) is 44.3 Å². The molecule has 17 heavy (non-hydrogen) atoms. The minimum Gasteiger partial charge on any atom is -0.382 e. The van der Waals surface area contributed by atoms with Gasteiger partial charge in [-0.25, -0.2) is 0 Å². The minimum atomic E-state index is 0.330. The first-order valence-corrected chi connectivity index (χ1v) is 6.35. The molecule has 2 atom stereocenters. The van der Waals surface area contributed by atoms with Crippen LogP contribution >= 0.6 is 0 Å². The monoisotopic (exact) mass is 235 g/mol. The first-order chi connectivity index (χ1) is 8.08. The van der Waals surface area contributed by atoms with Crippen molar-refractivity contribution in [3.8, 4) is 0 Å². The van der Waals surface area contributed by atoms with E-state index in [1.807, 2.05) is 7.05 Å². The number of aryl methyl sites for hydroxylation is 2. The molecular weight excluding hydrogens is 210 g/mol. The number of ether oxygens (including phenoxy) is 1. The zero-order valence-electron chi connectivity index (χ0n) is 11.7. The predicted octanol–water partition coefficient (Wildman–Crippen LogP) is 3.38. The summed E-state index contributed by atoms with van der Waals surface area (Å²) < 4.78 is 5.31. The molecule has 0 saturated heterocycles. The Morgan fingerprint density at radius 3 is 2.53 bits per heavy atom. The molecule has 0 amide bonds. The van der Waals surface area contributed by atoms with Crippen molar-refractivity contribution in [1.82, 2.24) is 5.32 Å². The van der Waals surface area contributed by atoms with Gasteiger partial charge in [0.05, 0.1) is 6.10 Å². The molecule has 0 aliphatic carbocycles. The van der Waals surface area contributed by atoms with Crippen LogP contribution in [0, 0.1) is 13.8 Å². The lowest BCUT2D eigenvalue weighted by molar-refractivity contribution is 0.106. The van der Waals surface area contributed by atoms with Gasteiger partial charge in [-0.3, -0.25) is 0 Å². The zero-order valence-corrected chi connectivity index (χ0v) is 11.7. The summed E-state index contributed by atoms with van der Waals surface area (Å²) in [5, 5.41) is 3.41. The Kier molecular flexibility index (Phi) is 5.66. The highest BCUT2D eigenvalue weighted by molar-refractivity contribution is 5.32. The molecule has 0 aliphatic rings. The molecule has 0 heterocycles. The number of benzene rings is 1. The summed E-state index contributed by atoms with van der Waals surface area (Å²) in [6, 6.07) is 7.08. The van der Waals surface area contributed by atoms with Gasteiger partial charge >= 0.3 is 0 Å². The van der Waals surface area contributed by atoms with Crippen LogP contribution in [0.2, 0.25) is 0 Å². The van der Waals surface area contributed by atoms with Gasteiger partial charge in [-0.15, -0.1) is 0 Å². The van der Waals surface area contributed by atoms with Crippen molar-refractivity contribution in [3.05, 3.63) is 34.9 Å². The fourth-order valence-electron chi connectivity index (χ4n) is 2.11. The van der Waals surface area contributed by atoms with Gasteiger partial charge in [0, 0.05) is 13.2 Å². The van der Waals surface area contributed by atoms with Crippen LogP contribution in [-0.2, 0) is 4.74 Å². The van der Waals surface area contributed by atoms with Crippen LogP contribution in [0.15, 0.2) is 18.2 Å². The highest BCUT2D eigenvalue weighted by Crippen LogP contribution is 2.23. The van der Waals surface area contributed by atoms with Gasteiger partial charge in [0.2, 0.25) is 0 Å². The van der Waals surface area contributed by atoms with E-state index in [0.717, 1.165) is 12.8 Å². The first kappa shape index (κ1) is 14.2. The average molecular weight is 235 g/mol. The number of rotatable bonds is 6. The Labute approximate surface area is 105 Å². The van der Waals surface area contributed by atoms with Crippen molar-refractivity contribution >= 4 is 0 Å². The molecule has 0 radical (unpaired) electrons. The van der Waals surface area contributed by atoms with Crippen molar-refractivity contribution in [1.29, 1.82) is 0 Å². The van der Waals surface area contributed by atoms with Crippen LogP contribution in [0.25, 0.3) is 0 Å². The van der Waals surface area contributed by atoms with Crippen LogP contribution in [0.3, 0.4) is 0 Å². The van der Waals surface area contributed by atoms with Gasteiger partial charge in [-0.05, 0) is 51.8 Å². The summed E-state index contributed by atoms with van der Waals surface area (Å²) in [6.45, 7) is 6.45. The van der Waals surface area contributed by atoms with Crippen LogP contribution in [0.4, 0.5) is 0 Å². The number of nitrogens with one attached hydrogen (secondary N) is 1. The van der Waals surface area contributed by atoms with Gasteiger partial charge in [-0.1, -0.05) is 23.8 Å². The fraction of sp³-hybridized carbons (Fsp3) is 0.600. The molecular formula is C15H25NO. The van der Waals surface area contributed by atoms with E-state index >= 15 is 0 Å². The predicted molar refractivity (Wildman–Crippen MR) is 73.4 cm³/mol. The molecule has 1 rings (SSSR count). The van der Waals surface area contributed by atoms with E-state index in [-0.39, 0.29) is 0 Å². The molecule has 1 aromatic carbocycles. The molecule has 2 nitrogen and oxygen atoms in total. The molecule has 0 saturated carbocycles. The molecule has 2 unspecified atom stereocenters. The molecule has 0 aliphatic heterocycles. The lowest BCUT2D eigenvalue weighted by Crippen LogP contribution is -2.19. The lowest BCUT2D eigenvalue weighted by Gasteiger charge is -2.21. The van der Waals surface area contributed by atoms with E-state index in [4.69, 9.17) is 4.74 Å². The number of hydrogen-bond donors (Lipinski definition) is 1. The summed E-state index contributed by atoms with van der Waals surface area (Å²) in [4.78, 5) is 0. The van der Waals surface area contributed by atoms with Crippen molar-refractivity contribution in [2.45, 2.75) is 45.8 Å². The van der Waals surface area contributed by atoms with E-state index in [1.165, 1.54) is 16.7 Å². The number of hydrogen-bond acceptors (Lipinski definition) is 2. The van der Waals surface area contributed by atoms with Gasteiger partial charge in [0.1, 0.15) is 0 Å². The highest BCUT2D eigenvalue weighted by atomic mass is 16.5.